The number of carbonyl (C=O) groups excluding carboxylic acids is 1. The Balaban J connectivity index is 2.49. The highest BCUT2D eigenvalue weighted by molar-refractivity contribution is 5.71. The SMILES string of the molecule is COC(=O)C(C)CN(C)Cc1nc(C)c(C)o1. The number of ether oxygens (including phenoxy) is 1. The van der Waals surface area contributed by atoms with Gasteiger partial charge in [-0.2, -0.15) is 0 Å². The summed E-state index contributed by atoms with van der Waals surface area (Å²) in [6.45, 7) is 6.86. The molecule has 5 nitrogen and oxygen atoms in total. The van der Waals surface area contributed by atoms with Crippen molar-refractivity contribution in [2.45, 2.75) is 27.3 Å². The Labute approximate surface area is 102 Å². The van der Waals surface area contributed by atoms with Crippen molar-refractivity contribution in [1.82, 2.24) is 9.88 Å². The molecule has 0 aliphatic carbocycles. The smallest absolute Gasteiger partial charge is 0.309 e. The van der Waals surface area contributed by atoms with Gasteiger partial charge in [0.1, 0.15) is 5.76 Å². The summed E-state index contributed by atoms with van der Waals surface area (Å²) in [5.41, 5.74) is 0.911. The Kier molecular flexibility index (Phi) is 4.69. The molecule has 0 saturated heterocycles. The third-order valence-corrected chi connectivity index (χ3v) is 2.67. The molecule has 5 heteroatoms. The van der Waals surface area contributed by atoms with Crippen molar-refractivity contribution in [3.63, 3.8) is 0 Å². The van der Waals surface area contributed by atoms with E-state index in [2.05, 4.69) is 9.72 Å². The highest BCUT2D eigenvalue weighted by Gasteiger charge is 2.17. The number of rotatable bonds is 5. The van der Waals surface area contributed by atoms with Crippen molar-refractivity contribution >= 4 is 5.97 Å². The van der Waals surface area contributed by atoms with Crippen molar-refractivity contribution in [1.29, 1.82) is 0 Å². The lowest BCUT2D eigenvalue weighted by atomic mass is 10.2. The number of aryl methyl sites for hydroxylation is 2. The third kappa shape index (κ3) is 3.85. The summed E-state index contributed by atoms with van der Waals surface area (Å²) in [5, 5.41) is 0. The van der Waals surface area contributed by atoms with Crippen LogP contribution in [0.3, 0.4) is 0 Å². The lowest BCUT2D eigenvalue weighted by Crippen LogP contribution is -2.29. The number of hydrogen-bond donors (Lipinski definition) is 0. The molecule has 1 heterocycles. The van der Waals surface area contributed by atoms with Gasteiger partial charge < -0.3 is 9.15 Å². The molecule has 0 saturated carbocycles. The van der Waals surface area contributed by atoms with Crippen LogP contribution in [0.15, 0.2) is 4.42 Å². The first-order chi connectivity index (χ1) is 7.93. The average molecular weight is 240 g/mol. The molecule has 1 unspecified atom stereocenters. The van der Waals surface area contributed by atoms with E-state index in [-0.39, 0.29) is 11.9 Å². The third-order valence-electron chi connectivity index (χ3n) is 2.67. The fourth-order valence-corrected chi connectivity index (χ4v) is 1.65. The molecule has 0 aliphatic rings. The molecule has 1 aromatic heterocycles. The van der Waals surface area contributed by atoms with Gasteiger partial charge in [0.15, 0.2) is 0 Å². The van der Waals surface area contributed by atoms with Gasteiger partial charge in [-0.25, -0.2) is 4.98 Å². The van der Waals surface area contributed by atoms with Crippen LogP contribution in [0, 0.1) is 19.8 Å². The van der Waals surface area contributed by atoms with Gasteiger partial charge in [0, 0.05) is 6.54 Å². The summed E-state index contributed by atoms with van der Waals surface area (Å²) in [6.07, 6.45) is 0. The van der Waals surface area contributed by atoms with E-state index >= 15 is 0 Å². The molecule has 96 valence electrons. The minimum atomic E-state index is -0.198. The molecule has 0 radical (unpaired) electrons. The first kappa shape index (κ1) is 13.7. The van der Waals surface area contributed by atoms with Gasteiger partial charge in [0.2, 0.25) is 5.89 Å². The van der Waals surface area contributed by atoms with Gasteiger partial charge in [0.25, 0.3) is 0 Å². The van der Waals surface area contributed by atoms with Gasteiger partial charge in [-0.15, -0.1) is 0 Å². The van der Waals surface area contributed by atoms with Crippen LogP contribution in [0.2, 0.25) is 0 Å². The fraction of sp³-hybridized carbons (Fsp3) is 0.667. The Morgan fingerprint density at radius 2 is 2.18 bits per heavy atom. The van der Waals surface area contributed by atoms with Crippen molar-refractivity contribution in [3.8, 4) is 0 Å². The number of esters is 1. The summed E-state index contributed by atoms with van der Waals surface area (Å²) in [5.74, 6) is 1.17. The second-order valence-electron chi connectivity index (χ2n) is 4.37. The predicted octanol–water partition coefficient (Wildman–Crippen LogP) is 1.53. The number of aromatic nitrogens is 1. The van der Waals surface area contributed by atoms with Crippen LogP contribution in [0.1, 0.15) is 24.3 Å². The Morgan fingerprint density at radius 1 is 1.53 bits per heavy atom. The summed E-state index contributed by atoms with van der Waals surface area (Å²) in [4.78, 5) is 17.6. The van der Waals surface area contributed by atoms with Crippen LogP contribution < -0.4 is 0 Å². The fourth-order valence-electron chi connectivity index (χ4n) is 1.65. The van der Waals surface area contributed by atoms with Crippen LogP contribution in [0.25, 0.3) is 0 Å². The largest absolute Gasteiger partial charge is 0.469 e. The van der Waals surface area contributed by atoms with E-state index in [0.29, 0.717) is 19.0 Å². The quantitative estimate of drug-likeness (QED) is 0.731. The van der Waals surface area contributed by atoms with E-state index in [4.69, 9.17) is 4.42 Å². The second-order valence-corrected chi connectivity index (χ2v) is 4.37. The number of nitrogens with zero attached hydrogens (tertiary/aromatic N) is 2. The standard InChI is InChI=1S/C12H20N2O3/c1-8(12(15)16-5)6-14(4)7-11-13-9(2)10(3)17-11/h8H,6-7H2,1-5H3. The van der Waals surface area contributed by atoms with Crippen molar-refractivity contribution in [3.05, 3.63) is 17.3 Å². The molecular weight excluding hydrogens is 220 g/mol. The summed E-state index contributed by atoms with van der Waals surface area (Å²) < 4.78 is 10.2. The van der Waals surface area contributed by atoms with E-state index in [1.807, 2.05) is 32.7 Å². The zero-order valence-electron chi connectivity index (χ0n) is 11.1. The lowest BCUT2D eigenvalue weighted by Gasteiger charge is -2.18. The van der Waals surface area contributed by atoms with Gasteiger partial charge in [0.05, 0.1) is 25.3 Å². The highest BCUT2D eigenvalue weighted by atomic mass is 16.5. The van der Waals surface area contributed by atoms with E-state index in [1.165, 1.54) is 7.11 Å². The van der Waals surface area contributed by atoms with E-state index in [0.717, 1.165) is 11.5 Å². The molecule has 1 aromatic rings. The van der Waals surface area contributed by atoms with Crippen LogP contribution >= 0.6 is 0 Å². The maximum Gasteiger partial charge on any atom is 0.309 e. The predicted molar refractivity (Wildman–Crippen MR) is 63.5 cm³/mol. The average Bonchev–Trinajstić information content (AvgIpc) is 2.56. The van der Waals surface area contributed by atoms with Crippen LogP contribution in [-0.4, -0.2) is 36.6 Å². The number of carbonyl (C=O) groups is 1. The van der Waals surface area contributed by atoms with E-state index in [1.54, 1.807) is 0 Å². The molecule has 0 spiro atoms. The Hall–Kier alpha value is -1.36. The lowest BCUT2D eigenvalue weighted by molar-refractivity contribution is -0.145. The van der Waals surface area contributed by atoms with Gasteiger partial charge in [-0.05, 0) is 20.9 Å². The van der Waals surface area contributed by atoms with Gasteiger partial charge in [-0.1, -0.05) is 6.92 Å². The Morgan fingerprint density at radius 3 is 2.65 bits per heavy atom. The van der Waals surface area contributed by atoms with Crippen molar-refractivity contribution < 1.29 is 13.9 Å². The normalized spacial score (nSPS) is 12.8. The number of methoxy groups -OCH3 is 1. The summed E-state index contributed by atoms with van der Waals surface area (Å²) in [6, 6.07) is 0. The first-order valence-corrected chi connectivity index (χ1v) is 5.63. The molecule has 0 amide bonds. The molecule has 0 N–H and O–H groups in total. The van der Waals surface area contributed by atoms with Crippen LogP contribution in [0.4, 0.5) is 0 Å². The molecule has 0 bridgehead atoms. The molecule has 1 rings (SSSR count). The van der Waals surface area contributed by atoms with Crippen LogP contribution in [0.5, 0.6) is 0 Å². The first-order valence-electron chi connectivity index (χ1n) is 5.63. The topological polar surface area (TPSA) is 55.6 Å². The highest BCUT2D eigenvalue weighted by Crippen LogP contribution is 2.11. The van der Waals surface area contributed by atoms with Crippen LogP contribution in [-0.2, 0) is 16.1 Å². The maximum atomic E-state index is 11.3. The monoisotopic (exact) mass is 240 g/mol. The second kappa shape index (κ2) is 5.82. The molecule has 17 heavy (non-hydrogen) atoms. The molecule has 1 atom stereocenters. The van der Waals surface area contributed by atoms with Gasteiger partial charge >= 0.3 is 5.97 Å². The zero-order chi connectivity index (χ0) is 13.0. The summed E-state index contributed by atoms with van der Waals surface area (Å²) >= 11 is 0. The minimum Gasteiger partial charge on any atom is -0.469 e. The maximum absolute atomic E-state index is 11.3. The minimum absolute atomic E-state index is 0.151. The number of oxazole rings is 1. The summed E-state index contributed by atoms with van der Waals surface area (Å²) in [7, 11) is 3.33. The molecule has 0 aliphatic heterocycles. The van der Waals surface area contributed by atoms with Gasteiger partial charge in [-0.3, -0.25) is 9.69 Å². The zero-order valence-corrected chi connectivity index (χ0v) is 11.1. The molecule has 0 fully saturated rings. The van der Waals surface area contributed by atoms with Crippen molar-refractivity contribution in [2.24, 2.45) is 5.92 Å². The molecule has 0 aromatic carbocycles. The van der Waals surface area contributed by atoms with Crippen molar-refractivity contribution in [2.75, 3.05) is 20.7 Å². The number of hydrogen-bond acceptors (Lipinski definition) is 5. The Bertz CT molecular complexity index is 368. The van der Waals surface area contributed by atoms with E-state index in [9.17, 15) is 4.79 Å². The molecular formula is C12H20N2O3. The van der Waals surface area contributed by atoms with E-state index < -0.39 is 0 Å².